The van der Waals surface area contributed by atoms with Crippen molar-refractivity contribution >= 4 is 15.9 Å². The molecule has 17 heavy (non-hydrogen) atoms. The summed E-state index contributed by atoms with van der Waals surface area (Å²) < 4.78 is 6.96. The number of halogens is 1. The molecule has 0 aromatic heterocycles. The summed E-state index contributed by atoms with van der Waals surface area (Å²) in [6, 6.07) is 8.21. The summed E-state index contributed by atoms with van der Waals surface area (Å²) in [4.78, 5) is 0. The molecular formula is C14H22BrNO. The number of hydrogen-bond acceptors (Lipinski definition) is 2. The van der Waals surface area contributed by atoms with Crippen molar-refractivity contribution in [3.8, 4) is 0 Å². The lowest BCUT2D eigenvalue weighted by molar-refractivity contribution is 0.0461. The second kappa shape index (κ2) is 8.67. The highest BCUT2D eigenvalue weighted by Gasteiger charge is 2.04. The Bertz CT molecular complexity index is 317. The van der Waals surface area contributed by atoms with Gasteiger partial charge in [0, 0.05) is 4.47 Å². The van der Waals surface area contributed by atoms with Crippen molar-refractivity contribution in [1.82, 2.24) is 5.32 Å². The predicted octanol–water partition coefficient (Wildman–Crippen LogP) is 3.74. The Morgan fingerprint density at radius 1 is 1.35 bits per heavy atom. The van der Waals surface area contributed by atoms with Gasteiger partial charge in [-0.25, -0.2) is 0 Å². The minimum absolute atomic E-state index is 0.320. The predicted molar refractivity (Wildman–Crippen MR) is 76.2 cm³/mol. The van der Waals surface area contributed by atoms with E-state index in [4.69, 9.17) is 4.74 Å². The summed E-state index contributed by atoms with van der Waals surface area (Å²) in [5, 5.41) is 3.32. The van der Waals surface area contributed by atoms with Gasteiger partial charge in [0.05, 0.1) is 12.7 Å². The molecule has 1 rings (SSSR count). The van der Waals surface area contributed by atoms with Gasteiger partial charge in [0.15, 0.2) is 0 Å². The van der Waals surface area contributed by atoms with Gasteiger partial charge < -0.3 is 10.1 Å². The zero-order valence-corrected chi connectivity index (χ0v) is 12.3. The SMILES string of the molecule is CCNCCCC(C)OCc1ccccc1Br. The van der Waals surface area contributed by atoms with E-state index < -0.39 is 0 Å². The van der Waals surface area contributed by atoms with E-state index >= 15 is 0 Å². The van der Waals surface area contributed by atoms with E-state index in [1.807, 2.05) is 12.1 Å². The van der Waals surface area contributed by atoms with E-state index in [2.05, 4.69) is 47.2 Å². The monoisotopic (exact) mass is 299 g/mol. The van der Waals surface area contributed by atoms with Crippen molar-refractivity contribution in [2.24, 2.45) is 0 Å². The standard InChI is InChI=1S/C14H22BrNO/c1-3-16-10-6-7-12(2)17-11-13-8-4-5-9-14(13)15/h4-5,8-9,12,16H,3,6-7,10-11H2,1-2H3. The van der Waals surface area contributed by atoms with Crippen molar-refractivity contribution in [1.29, 1.82) is 0 Å². The van der Waals surface area contributed by atoms with Crippen LogP contribution in [0.15, 0.2) is 28.7 Å². The molecule has 3 heteroatoms. The first kappa shape index (κ1) is 14.7. The molecule has 0 saturated heterocycles. The molecule has 0 aliphatic heterocycles. The minimum Gasteiger partial charge on any atom is -0.374 e. The summed E-state index contributed by atoms with van der Waals surface area (Å²) >= 11 is 3.53. The van der Waals surface area contributed by atoms with E-state index in [-0.39, 0.29) is 0 Å². The molecule has 0 saturated carbocycles. The van der Waals surface area contributed by atoms with Gasteiger partial charge in [0.25, 0.3) is 0 Å². The molecule has 0 fully saturated rings. The van der Waals surface area contributed by atoms with Gasteiger partial charge in [-0.1, -0.05) is 41.1 Å². The molecule has 0 amide bonds. The smallest absolute Gasteiger partial charge is 0.0731 e. The van der Waals surface area contributed by atoms with Crippen LogP contribution in [0.3, 0.4) is 0 Å². The second-order valence-electron chi connectivity index (χ2n) is 4.21. The molecule has 1 aromatic rings. The zero-order valence-electron chi connectivity index (χ0n) is 10.7. The second-order valence-corrected chi connectivity index (χ2v) is 5.06. The molecule has 1 atom stereocenters. The van der Waals surface area contributed by atoms with Crippen LogP contribution >= 0.6 is 15.9 Å². The third kappa shape index (κ3) is 6.20. The van der Waals surface area contributed by atoms with Gasteiger partial charge in [-0.05, 0) is 44.5 Å². The molecule has 0 aliphatic rings. The lowest BCUT2D eigenvalue weighted by Gasteiger charge is -2.13. The third-order valence-corrected chi connectivity index (χ3v) is 3.47. The van der Waals surface area contributed by atoms with Crippen molar-refractivity contribution in [3.05, 3.63) is 34.3 Å². The van der Waals surface area contributed by atoms with Crippen molar-refractivity contribution in [2.45, 2.75) is 39.4 Å². The highest BCUT2D eigenvalue weighted by molar-refractivity contribution is 9.10. The van der Waals surface area contributed by atoms with Crippen LogP contribution in [0, 0.1) is 0 Å². The summed E-state index contributed by atoms with van der Waals surface area (Å²) in [7, 11) is 0. The van der Waals surface area contributed by atoms with E-state index in [1.54, 1.807) is 0 Å². The molecule has 1 unspecified atom stereocenters. The number of nitrogens with one attached hydrogen (secondary N) is 1. The average molecular weight is 300 g/mol. The van der Waals surface area contributed by atoms with Crippen molar-refractivity contribution in [3.63, 3.8) is 0 Å². The summed E-state index contributed by atoms with van der Waals surface area (Å²) in [5.41, 5.74) is 1.21. The van der Waals surface area contributed by atoms with Gasteiger partial charge in [-0.15, -0.1) is 0 Å². The molecule has 1 N–H and O–H groups in total. The van der Waals surface area contributed by atoms with Gasteiger partial charge in [-0.3, -0.25) is 0 Å². The molecule has 0 aliphatic carbocycles. The summed E-state index contributed by atoms with van der Waals surface area (Å²) in [5.74, 6) is 0. The number of hydrogen-bond donors (Lipinski definition) is 1. The molecule has 1 aromatic carbocycles. The third-order valence-electron chi connectivity index (χ3n) is 2.70. The normalized spacial score (nSPS) is 12.6. The van der Waals surface area contributed by atoms with E-state index in [9.17, 15) is 0 Å². The van der Waals surface area contributed by atoms with Gasteiger partial charge in [0.1, 0.15) is 0 Å². The Balaban J connectivity index is 2.19. The summed E-state index contributed by atoms with van der Waals surface area (Å²) in [6.45, 7) is 7.09. The topological polar surface area (TPSA) is 21.3 Å². The zero-order chi connectivity index (χ0) is 12.5. The largest absolute Gasteiger partial charge is 0.374 e. The van der Waals surface area contributed by atoms with Crippen molar-refractivity contribution in [2.75, 3.05) is 13.1 Å². The van der Waals surface area contributed by atoms with E-state index in [0.717, 1.165) is 24.0 Å². The Hall–Kier alpha value is -0.380. The Labute approximate surface area is 113 Å². The first-order chi connectivity index (χ1) is 8.24. The van der Waals surface area contributed by atoms with E-state index in [1.165, 1.54) is 12.0 Å². The van der Waals surface area contributed by atoms with Gasteiger partial charge >= 0.3 is 0 Å². The molecule has 0 spiro atoms. The number of benzene rings is 1. The molecular weight excluding hydrogens is 278 g/mol. The fourth-order valence-corrected chi connectivity index (χ4v) is 2.02. The van der Waals surface area contributed by atoms with Crippen LogP contribution in [0.2, 0.25) is 0 Å². The van der Waals surface area contributed by atoms with Crippen LogP contribution in [0.4, 0.5) is 0 Å². The first-order valence-corrected chi connectivity index (χ1v) is 7.09. The van der Waals surface area contributed by atoms with Crippen LogP contribution in [0.5, 0.6) is 0 Å². The fourth-order valence-electron chi connectivity index (χ4n) is 1.62. The number of ether oxygens (including phenoxy) is 1. The van der Waals surface area contributed by atoms with Crippen LogP contribution in [-0.4, -0.2) is 19.2 Å². The van der Waals surface area contributed by atoms with Gasteiger partial charge in [0.2, 0.25) is 0 Å². The fraction of sp³-hybridized carbons (Fsp3) is 0.571. The Kier molecular flexibility index (Phi) is 7.49. The molecule has 96 valence electrons. The van der Waals surface area contributed by atoms with Crippen LogP contribution in [0.1, 0.15) is 32.3 Å². The Morgan fingerprint density at radius 3 is 2.82 bits per heavy atom. The van der Waals surface area contributed by atoms with Crippen molar-refractivity contribution < 1.29 is 4.74 Å². The quantitative estimate of drug-likeness (QED) is 0.738. The van der Waals surface area contributed by atoms with E-state index in [0.29, 0.717) is 12.7 Å². The summed E-state index contributed by atoms with van der Waals surface area (Å²) in [6.07, 6.45) is 2.60. The molecule has 2 nitrogen and oxygen atoms in total. The lowest BCUT2D eigenvalue weighted by atomic mass is 10.2. The maximum atomic E-state index is 5.83. The lowest BCUT2D eigenvalue weighted by Crippen LogP contribution is -2.16. The highest BCUT2D eigenvalue weighted by atomic mass is 79.9. The molecule has 0 radical (unpaired) electrons. The molecule has 0 bridgehead atoms. The minimum atomic E-state index is 0.320. The average Bonchev–Trinajstić information content (AvgIpc) is 2.34. The first-order valence-electron chi connectivity index (χ1n) is 6.29. The van der Waals surface area contributed by atoms with Gasteiger partial charge in [-0.2, -0.15) is 0 Å². The maximum absolute atomic E-state index is 5.83. The van der Waals surface area contributed by atoms with Crippen LogP contribution in [0.25, 0.3) is 0 Å². The number of rotatable bonds is 8. The van der Waals surface area contributed by atoms with Crippen LogP contribution < -0.4 is 5.32 Å². The van der Waals surface area contributed by atoms with Crippen LogP contribution in [-0.2, 0) is 11.3 Å². The molecule has 0 heterocycles. The maximum Gasteiger partial charge on any atom is 0.0731 e. The Morgan fingerprint density at radius 2 is 2.12 bits per heavy atom. The highest BCUT2D eigenvalue weighted by Crippen LogP contribution is 2.17.